The standard InChI is InChI=1S/C15H23N5/c1-2-19-6-3-4-13(11-19)9-15-18-17-14-8-12(10-16)5-7-20(14)15/h5,7-8,13H,2-4,6,9-11,16H2,1H3. The van der Waals surface area contributed by atoms with Gasteiger partial charge in [-0.05, 0) is 49.5 Å². The fourth-order valence-corrected chi connectivity index (χ4v) is 3.11. The predicted molar refractivity (Wildman–Crippen MR) is 79.4 cm³/mol. The van der Waals surface area contributed by atoms with E-state index in [1.165, 1.54) is 25.9 Å². The lowest BCUT2D eigenvalue weighted by Crippen LogP contribution is -2.36. The van der Waals surface area contributed by atoms with Gasteiger partial charge in [0, 0.05) is 25.7 Å². The van der Waals surface area contributed by atoms with Crippen molar-refractivity contribution in [1.29, 1.82) is 0 Å². The molecule has 0 aromatic carbocycles. The second-order valence-electron chi connectivity index (χ2n) is 5.69. The van der Waals surface area contributed by atoms with Crippen molar-refractivity contribution in [3.63, 3.8) is 0 Å². The molecule has 0 radical (unpaired) electrons. The van der Waals surface area contributed by atoms with Crippen molar-refractivity contribution >= 4 is 5.65 Å². The van der Waals surface area contributed by atoms with E-state index in [2.05, 4.69) is 32.5 Å². The quantitative estimate of drug-likeness (QED) is 0.916. The highest BCUT2D eigenvalue weighted by molar-refractivity contribution is 5.41. The van der Waals surface area contributed by atoms with E-state index in [9.17, 15) is 0 Å². The maximum atomic E-state index is 5.66. The minimum Gasteiger partial charge on any atom is -0.326 e. The molecule has 2 N–H and O–H groups in total. The van der Waals surface area contributed by atoms with Gasteiger partial charge in [-0.3, -0.25) is 4.40 Å². The van der Waals surface area contributed by atoms with E-state index in [1.807, 2.05) is 12.3 Å². The normalized spacial score (nSPS) is 20.6. The van der Waals surface area contributed by atoms with Crippen molar-refractivity contribution in [3.05, 3.63) is 29.7 Å². The van der Waals surface area contributed by atoms with Crippen LogP contribution in [0.3, 0.4) is 0 Å². The number of rotatable bonds is 4. The van der Waals surface area contributed by atoms with E-state index in [0.717, 1.165) is 30.0 Å². The van der Waals surface area contributed by atoms with Gasteiger partial charge in [0.1, 0.15) is 5.82 Å². The van der Waals surface area contributed by atoms with Gasteiger partial charge in [-0.25, -0.2) is 0 Å². The molecule has 0 spiro atoms. The molecule has 0 saturated carbocycles. The van der Waals surface area contributed by atoms with Crippen LogP contribution in [0.5, 0.6) is 0 Å². The first kappa shape index (κ1) is 13.5. The Morgan fingerprint density at radius 2 is 2.30 bits per heavy atom. The van der Waals surface area contributed by atoms with Crippen molar-refractivity contribution < 1.29 is 0 Å². The molecule has 1 aliphatic heterocycles. The van der Waals surface area contributed by atoms with Crippen LogP contribution in [0.2, 0.25) is 0 Å². The molecular weight excluding hydrogens is 250 g/mol. The van der Waals surface area contributed by atoms with E-state index in [-0.39, 0.29) is 0 Å². The van der Waals surface area contributed by atoms with Gasteiger partial charge in [0.05, 0.1) is 0 Å². The number of nitrogens with zero attached hydrogens (tertiary/aromatic N) is 4. The number of pyridine rings is 1. The van der Waals surface area contributed by atoms with Gasteiger partial charge in [-0.15, -0.1) is 10.2 Å². The van der Waals surface area contributed by atoms with Crippen LogP contribution in [0.1, 0.15) is 31.2 Å². The lowest BCUT2D eigenvalue weighted by molar-refractivity contribution is 0.180. The zero-order valence-corrected chi connectivity index (χ0v) is 12.1. The van der Waals surface area contributed by atoms with Crippen LogP contribution in [0.15, 0.2) is 18.3 Å². The van der Waals surface area contributed by atoms with Gasteiger partial charge in [-0.1, -0.05) is 6.92 Å². The summed E-state index contributed by atoms with van der Waals surface area (Å²) in [7, 11) is 0. The smallest absolute Gasteiger partial charge is 0.161 e. The van der Waals surface area contributed by atoms with Gasteiger partial charge in [0.25, 0.3) is 0 Å². The lowest BCUT2D eigenvalue weighted by atomic mass is 9.94. The van der Waals surface area contributed by atoms with Gasteiger partial charge < -0.3 is 10.6 Å². The highest BCUT2D eigenvalue weighted by atomic mass is 15.2. The first-order valence-corrected chi connectivity index (χ1v) is 7.55. The Morgan fingerprint density at radius 3 is 3.10 bits per heavy atom. The molecule has 5 nitrogen and oxygen atoms in total. The first-order chi connectivity index (χ1) is 9.80. The molecule has 1 saturated heterocycles. The second kappa shape index (κ2) is 5.89. The van der Waals surface area contributed by atoms with Crippen LogP contribution in [-0.2, 0) is 13.0 Å². The summed E-state index contributed by atoms with van der Waals surface area (Å²) in [6, 6.07) is 4.08. The van der Waals surface area contributed by atoms with Gasteiger partial charge in [0.15, 0.2) is 5.65 Å². The van der Waals surface area contributed by atoms with E-state index in [1.54, 1.807) is 0 Å². The zero-order valence-electron chi connectivity index (χ0n) is 12.1. The minimum absolute atomic E-state index is 0.548. The van der Waals surface area contributed by atoms with Crippen molar-refractivity contribution in [2.75, 3.05) is 19.6 Å². The van der Waals surface area contributed by atoms with Crippen LogP contribution in [0.25, 0.3) is 5.65 Å². The number of hydrogen-bond donors (Lipinski definition) is 1. The molecule has 2 aromatic rings. The summed E-state index contributed by atoms with van der Waals surface area (Å²) in [6.07, 6.45) is 5.66. The summed E-state index contributed by atoms with van der Waals surface area (Å²) in [4.78, 5) is 2.53. The SMILES string of the molecule is CCN1CCCC(Cc2nnc3cc(CN)ccn23)C1. The number of hydrogen-bond acceptors (Lipinski definition) is 4. The Hall–Kier alpha value is -1.46. The topological polar surface area (TPSA) is 59.5 Å². The third-order valence-electron chi connectivity index (χ3n) is 4.30. The first-order valence-electron chi connectivity index (χ1n) is 7.55. The van der Waals surface area contributed by atoms with E-state index in [0.29, 0.717) is 12.5 Å². The summed E-state index contributed by atoms with van der Waals surface area (Å²) < 4.78 is 2.10. The average molecular weight is 273 g/mol. The molecule has 3 rings (SSSR count). The highest BCUT2D eigenvalue weighted by Gasteiger charge is 2.21. The molecule has 1 unspecified atom stereocenters. The summed E-state index contributed by atoms with van der Waals surface area (Å²) in [5, 5.41) is 8.65. The van der Waals surface area contributed by atoms with Crippen molar-refractivity contribution in [1.82, 2.24) is 19.5 Å². The maximum Gasteiger partial charge on any atom is 0.161 e. The van der Waals surface area contributed by atoms with Crippen LogP contribution in [-0.4, -0.2) is 39.1 Å². The molecule has 0 amide bonds. The number of aromatic nitrogens is 3. The minimum atomic E-state index is 0.548. The molecule has 5 heteroatoms. The summed E-state index contributed by atoms with van der Waals surface area (Å²) in [5.74, 6) is 1.77. The van der Waals surface area contributed by atoms with Crippen LogP contribution >= 0.6 is 0 Å². The molecule has 0 bridgehead atoms. The van der Waals surface area contributed by atoms with Crippen molar-refractivity contribution in [3.8, 4) is 0 Å². The Morgan fingerprint density at radius 1 is 1.40 bits per heavy atom. The average Bonchev–Trinajstić information content (AvgIpc) is 2.89. The van der Waals surface area contributed by atoms with Crippen molar-refractivity contribution in [2.45, 2.75) is 32.7 Å². The fraction of sp³-hybridized carbons (Fsp3) is 0.600. The molecule has 108 valence electrons. The molecule has 1 fully saturated rings. The van der Waals surface area contributed by atoms with E-state index in [4.69, 9.17) is 5.73 Å². The molecule has 1 atom stereocenters. The lowest BCUT2D eigenvalue weighted by Gasteiger charge is -2.31. The van der Waals surface area contributed by atoms with Crippen LogP contribution < -0.4 is 5.73 Å². The second-order valence-corrected chi connectivity index (χ2v) is 5.69. The zero-order chi connectivity index (χ0) is 13.9. The third-order valence-corrected chi connectivity index (χ3v) is 4.30. The van der Waals surface area contributed by atoms with Crippen LogP contribution in [0.4, 0.5) is 0 Å². The Balaban J connectivity index is 1.77. The number of piperidine rings is 1. The molecule has 1 aliphatic rings. The monoisotopic (exact) mass is 273 g/mol. The highest BCUT2D eigenvalue weighted by Crippen LogP contribution is 2.20. The predicted octanol–water partition coefficient (Wildman–Crippen LogP) is 1.46. The largest absolute Gasteiger partial charge is 0.326 e. The van der Waals surface area contributed by atoms with Gasteiger partial charge in [0.2, 0.25) is 0 Å². The molecule has 20 heavy (non-hydrogen) atoms. The summed E-state index contributed by atoms with van der Waals surface area (Å²) >= 11 is 0. The van der Waals surface area contributed by atoms with Crippen molar-refractivity contribution in [2.24, 2.45) is 11.7 Å². The fourth-order valence-electron chi connectivity index (χ4n) is 3.11. The number of fused-ring (bicyclic) bond motifs is 1. The number of likely N-dealkylation sites (tertiary alicyclic amines) is 1. The molecular formula is C15H23N5. The summed E-state index contributed by atoms with van der Waals surface area (Å²) in [6.45, 7) is 6.37. The molecule has 0 aliphatic carbocycles. The van der Waals surface area contributed by atoms with E-state index >= 15 is 0 Å². The Kier molecular flexibility index (Phi) is 3.98. The van der Waals surface area contributed by atoms with Crippen LogP contribution in [0, 0.1) is 5.92 Å². The Bertz CT molecular complexity index is 577. The maximum absolute atomic E-state index is 5.66. The van der Waals surface area contributed by atoms with Gasteiger partial charge >= 0.3 is 0 Å². The molecule has 3 heterocycles. The molecule has 2 aromatic heterocycles. The Labute approximate surface area is 119 Å². The third kappa shape index (κ3) is 2.69. The number of nitrogens with two attached hydrogens (primary N) is 1. The van der Waals surface area contributed by atoms with E-state index < -0.39 is 0 Å². The summed E-state index contributed by atoms with van der Waals surface area (Å²) in [5.41, 5.74) is 7.68. The van der Waals surface area contributed by atoms with Gasteiger partial charge in [-0.2, -0.15) is 0 Å².